The maximum atomic E-state index is 12.2. The van der Waals surface area contributed by atoms with Gasteiger partial charge >= 0.3 is 0 Å². The number of nitrogens with one attached hydrogen (secondary N) is 2. The number of carbonyl (C=O) groups is 1. The SMILES string of the molecule is COc1cc(C(=O)NCC(O)[C@@H]2Cc3ccccc3CN2)ccn1. The number of benzene rings is 1. The van der Waals surface area contributed by atoms with Gasteiger partial charge < -0.3 is 20.5 Å². The fourth-order valence-corrected chi connectivity index (χ4v) is 2.86. The number of amides is 1. The Kier molecular flexibility index (Phi) is 5.08. The predicted octanol–water partition coefficient (Wildman–Crippen LogP) is 0.895. The number of aliphatic hydroxyl groups is 1. The Bertz CT molecular complexity index is 720. The molecule has 1 aliphatic rings. The van der Waals surface area contributed by atoms with Gasteiger partial charge in [-0.1, -0.05) is 24.3 Å². The van der Waals surface area contributed by atoms with Gasteiger partial charge in [0.05, 0.1) is 13.2 Å². The maximum Gasteiger partial charge on any atom is 0.251 e. The molecule has 0 saturated carbocycles. The molecule has 6 nitrogen and oxygen atoms in total. The average molecular weight is 327 g/mol. The van der Waals surface area contributed by atoms with Gasteiger partial charge in [-0.15, -0.1) is 0 Å². The molecule has 24 heavy (non-hydrogen) atoms. The average Bonchev–Trinajstić information content (AvgIpc) is 2.65. The lowest BCUT2D eigenvalue weighted by molar-refractivity contribution is 0.0869. The minimum Gasteiger partial charge on any atom is -0.481 e. The summed E-state index contributed by atoms with van der Waals surface area (Å²) in [6, 6.07) is 11.3. The second-order valence-electron chi connectivity index (χ2n) is 5.82. The molecule has 1 aromatic heterocycles. The zero-order valence-corrected chi connectivity index (χ0v) is 13.5. The van der Waals surface area contributed by atoms with Crippen molar-refractivity contribution in [2.75, 3.05) is 13.7 Å². The predicted molar refractivity (Wildman–Crippen MR) is 89.9 cm³/mol. The summed E-state index contributed by atoms with van der Waals surface area (Å²) in [5.74, 6) is 0.125. The van der Waals surface area contributed by atoms with Crippen LogP contribution in [0.1, 0.15) is 21.5 Å². The number of pyridine rings is 1. The van der Waals surface area contributed by atoms with E-state index in [1.807, 2.05) is 12.1 Å². The summed E-state index contributed by atoms with van der Waals surface area (Å²) in [4.78, 5) is 16.1. The molecule has 0 saturated heterocycles. The molecule has 1 aliphatic heterocycles. The topological polar surface area (TPSA) is 83.5 Å². The highest BCUT2D eigenvalue weighted by atomic mass is 16.5. The van der Waals surface area contributed by atoms with E-state index >= 15 is 0 Å². The third-order valence-corrected chi connectivity index (χ3v) is 4.26. The highest BCUT2D eigenvalue weighted by Gasteiger charge is 2.24. The zero-order valence-electron chi connectivity index (χ0n) is 13.5. The van der Waals surface area contributed by atoms with E-state index in [2.05, 4.69) is 27.8 Å². The van der Waals surface area contributed by atoms with E-state index in [0.717, 1.165) is 13.0 Å². The first-order chi connectivity index (χ1) is 11.7. The first kappa shape index (κ1) is 16.4. The number of hydrogen-bond donors (Lipinski definition) is 3. The van der Waals surface area contributed by atoms with E-state index in [1.54, 1.807) is 12.1 Å². The van der Waals surface area contributed by atoms with Crippen molar-refractivity contribution in [3.63, 3.8) is 0 Å². The zero-order chi connectivity index (χ0) is 16.9. The van der Waals surface area contributed by atoms with Crippen molar-refractivity contribution in [3.8, 4) is 5.88 Å². The van der Waals surface area contributed by atoms with Gasteiger partial charge in [0.15, 0.2) is 0 Å². The molecular weight excluding hydrogens is 306 g/mol. The minimum atomic E-state index is -0.661. The fraction of sp³-hybridized carbons (Fsp3) is 0.333. The van der Waals surface area contributed by atoms with Crippen LogP contribution in [0.5, 0.6) is 5.88 Å². The molecule has 0 bridgehead atoms. The Balaban J connectivity index is 1.56. The van der Waals surface area contributed by atoms with Crippen LogP contribution < -0.4 is 15.4 Å². The first-order valence-electron chi connectivity index (χ1n) is 7.94. The number of aromatic nitrogens is 1. The van der Waals surface area contributed by atoms with E-state index in [4.69, 9.17) is 4.74 Å². The van der Waals surface area contributed by atoms with Crippen LogP contribution in [-0.2, 0) is 13.0 Å². The van der Waals surface area contributed by atoms with Crippen LogP contribution >= 0.6 is 0 Å². The third-order valence-electron chi connectivity index (χ3n) is 4.26. The number of methoxy groups -OCH3 is 1. The van der Waals surface area contributed by atoms with Gasteiger partial charge in [0, 0.05) is 37.0 Å². The largest absolute Gasteiger partial charge is 0.481 e. The minimum absolute atomic E-state index is 0.0767. The Hall–Kier alpha value is -2.44. The number of carbonyl (C=O) groups excluding carboxylic acids is 1. The third kappa shape index (κ3) is 3.72. The molecule has 3 rings (SSSR count). The van der Waals surface area contributed by atoms with Gasteiger partial charge in [0.2, 0.25) is 5.88 Å². The Morgan fingerprint density at radius 3 is 3.00 bits per heavy atom. The Morgan fingerprint density at radius 1 is 1.42 bits per heavy atom. The number of nitrogens with zero attached hydrogens (tertiary/aromatic N) is 1. The van der Waals surface area contributed by atoms with Gasteiger partial charge in [-0.05, 0) is 23.6 Å². The molecule has 0 aliphatic carbocycles. The maximum absolute atomic E-state index is 12.2. The molecule has 1 aromatic carbocycles. The van der Waals surface area contributed by atoms with Crippen LogP contribution in [0.3, 0.4) is 0 Å². The Morgan fingerprint density at radius 2 is 2.21 bits per heavy atom. The van der Waals surface area contributed by atoms with Crippen LogP contribution in [0, 0.1) is 0 Å². The second-order valence-corrected chi connectivity index (χ2v) is 5.82. The Labute approximate surface area is 140 Å². The normalized spacial score (nSPS) is 17.7. The molecular formula is C18H21N3O3. The van der Waals surface area contributed by atoms with E-state index in [9.17, 15) is 9.90 Å². The second kappa shape index (κ2) is 7.42. The van der Waals surface area contributed by atoms with Gasteiger partial charge in [-0.25, -0.2) is 4.98 Å². The van der Waals surface area contributed by atoms with Crippen LogP contribution in [0.2, 0.25) is 0 Å². The molecule has 2 heterocycles. The molecule has 1 amide bonds. The summed E-state index contributed by atoms with van der Waals surface area (Å²) in [5, 5.41) is 16.5. The highest BCUT2D eigenvalue weighted by molar-refractivity contribution is 5.94. The summed E-state index contributed by atoms with van der Waals surface area (Å²) < 4.78 is 5.01. The van der Waals surface area contributed by atoms with E-state index in [1.165, 1.54) is 24.4 Å². The molecule has 0 spiro atoms. The molecule has 2 atom stereocenters. The summed E-state index contributed by atoms with van der Waals surface area (Å²) in [6.45, 7) is 0.913. The first-order valence-corrected chi connectivity index (χ1v) is 7.94. The number of ether oxygens (including phenoxy) is 1. The van der Waals surface area contributed by atoms with Crippen molar-refractivity contribution in [1.82, 2.24) is 15.6 Å². The van der Waals surface area contributed by atoms with Crippen LogP contribution in [0.25, 0.3) is 0 Å². The molecule has 3 N–H and O–H groups in total. The van der Waals surface area contributed by atoms with Crippen molar-refractivity contribution in [1.29, 1.82) is 0 Å². The molecule has 126 valence electrons. The van der Waals surface area contributed by atoms with Crippen LogP contribution in [0.4, 0.5) is 0 Å². The molecule has 0 fully saturated rings. The quantitative estimate of drug-likeness (QED) is 0.760. The lowest BCUT2D eigenvalue weighted by Gasteiger charge is -2.30. The number of rotatable bonds is 5. The number of aliphatic hydroxyl groups excluding tert-OH is 1. The monoisotopic (exact) mass is 327 g/mol. The van der Waals surface area contributed by atoms with Gasteiger partial charge in [-0.2, -0.15) is 0 Å². The van der Waals surface area contributed by atoms with Gasteiger partial charge in [-0.3, -0.25) is 4.79 Å². The fourth-order valence-electron chi connectivity index (χ4n) is 2.86. The van der Waals surface area contributed by atoms with Crippen molar-refractivity contribution in [3.05, 3.63) is 59.3 Å². The highest BCUT2D eigenvalue weighted by Crippen LogP contribution is 2.17. The van der Waals surface area contributed by atoms with Crippen molar-refractivity contribution >= 4 is 5.91 Å². The van der Waals surface area contributed by atoms with E-state index in [0.29, 0.717) is 11.4 Å². The summed E-state index contributed by atoms with van der Waals surface area (Å²) in [5.41, 5.74) is 2.95. The molecule has 2 aromatic rings. The van der Waals surface area contributed by atoms with Crippen molar-refractivity contribution in [2.24, 2.45) is 0 Å². The van der Waals surface area contributed by atoms with Gasteiger partial charge in [0.25, 0.3) is 5.91 Å². The van der Waals surface area contributed by atoms with Gasteiger partial charge in [0.1, 0.15) is 0 Å². The molecule has 6 heteroatoms. The molecule has 1 unspecified atom stereocenters. The van der Waals surface area contributed by atoms with Crippen molar-refractivity contribution < 1.29 is 14.6 Å². The standard InChI is InChI=1S/C18H21N3O3/c1-24-17-9-13(6-7-19-17)18(23)21-11-16(22)15-8-12-4-2-3-5-14(12)10-20-15/h2-7,9,15-16,20,22H,8,10-11H2,1H3,(H,21,23)/t15-,16?/m0/s1. The lowest BCUT2D eigenvalue weighted by atomic mass is 9.93. The smallest absolute Gasteiger partial charge is 0.251 e. The summed E-state index contributed by atoms with van der Waals surface area (Å²) in [7, 11) is 1.50. The summed E-state index contributed by atoms with van der Waals surface area (Å²) in [6.07, 6.45) is 1.60. The number of hydrogen-bond acceptors (Lipinski definition) is 5. The number of fused-ring (bicyclic) bond motifs is 1. The van der Waals surface area contributed by atoms with E-state index in [-0.39, 0.29) is 18.5 Å². The lowest BCUT2D eigenvalue weighted by Crippen LogP contribution is -2.49. The van der Waals surface area contributed by atoms with Crippen LogP contribution in [-0.4, -0.2) is 41.8 Å². The summed E-state index contributed by atoms with van der Waals surface area (Å²) >= 11 is 0. The van der Waals surface area contributed by atoms with Crippen molar-refractivity contribution in [2.45, 2.75) is 25.1 Å². The molecule has 0 radical (unpaired) electrons. The van der Waals surface area contributed by atoms with Crippen LogP contribution in [0.15, 0.2) is 42.6 Å². The van der Waals surface area contributed by atoms with E-state index < -0.39 is 6.10 Å².